The van der Waals surface area contributed by atoms with Gasteiger partial charge in [-0.05, 0) is 67.3 Å². The van der Waals surface area contributed by atoms with Gasteiger partial charge in [-0.25, -0.2) is 0 Å². The molecule has 9 heteroatoms. The van der Waals surface area contributed by atoms with Crippen molar-refractivity contribution in [1.29, 1.82) is 0 Å². The number of halogens is 4. The van der Waals surface area contributed by atoms with Gasteiger partial charge in [-0.2, -0.15) is 13.2 Å². The van der Waals surface area contributed by atoms with Crippen LogP contribution in [-0.4, -0.2) is 41.8 Å². The fraction of sp³-hybridized carbons (Fsp3) is 0.455. The zero-order valence-electron chi connectivity index (χ0n) is 17.3. The lowest BCUT2D eigenvalue weighted by molar-refractivity contribution is -0.139. The van der Waals surface area contributed by atoms with E-state index < -0.39 is 30.5 Å². The molecule has 0 aromatic heterocycles. The number of ether oxygens (including phenoxy) is 1. The van der Waals surface area contributed by atoms with Gasteiger partial charge in [-0.1, -0.05) is 18.2 Å². The molecule has 0 aliphatic carbocycles. The predicted octanol–water partition coefficient (Wildman–Crippen LogP) is 4.48. The lowest BCUT2D eigenvalue weighted by Gasteiger charge is -2.24. The van der Waals surface area contributed by atoms with E-state index in [0.717, 1.165) is 22.9 Å². The monoisotopic (exact) mass is 479 g/mol. The fourth-order valence-corrected chi connectivity index (χ4v) is 3.34. The molecule has 0 heterocycles. The molecule has 0 saturated carbocycles. The molecule has 174 valence electrons. The van der Waals surface area contributed by atoms with E-state index in [0.29, 0.717) is 12.0 Å². The van der Waals surface area contributed by atoms with Crippen molar-refractivity contribution in [3.05, 3.63) is 59.2 Å². The van der Waals surface area contributed by atoms with Gasteiger partial charge in [0.05, 0.1) is 30.9 Å². The molecular weight excluding hydrogens is 451 g/mol. The molecule has 0 radical (unpaired) electrons. The zero-order chi connectivity index (χ0) is 22.2. The first-order valence-electron chi connectivity index (χ1n) is 9.67. The van der Waals surface area contributed by atoms with Gasteiger partial charge in [-0.15, -0.1) is 24.2 Å². The van der Waals surface area contributed by atoms with Gasteiger partial charge in [0.25, 0.3) is 0 Å². The number of thioether (sulfide) groups is 1. The maximum atomic E-state index is 13.5. The van der Waals surface area contributed by atoms with E-state index >= 15 is 0 Å². The molecule has 0 aliphatic heterocycles. The number of nitrogens with two attached hydrogens (primary N) is 1. The summed E-state index contributed by atoms with van der Waals surface area (Å²) < 4.78 is 45.9. The summed E-state index contributed by atoms with van der Waals surface area (Å²) in [5, 5.41) is 18.5. The van der Waals surface area contributed by atoms with Crippen LogP contribution < -0.4 is 10.5 Å². The van der Waals surface area contributed by atoms with Gasteiger partial charge in [0.1, 0.15) is 5.75 Å². The first kappa shape index (κ1) is 27.6. The van der Waals surface area contributed by atoms with Gasteiger partial charge in [0, 0.05) is 4.90 Å². The van der Waals surface area contributed by atoms with Crippen LogP contribution in [0.5, 0.6) is 5.75 Å². The second-order valence-corrected chi connectivity index (χ2v) is 8.19. The molecule has 2 rings (SSSR count). The summed E-state index contributed by atoms with van der Waals surface area (Å²) in [7, 11) is 0. The van der Waals surface area contributed by atoms with Crippen LogP contribution >= 0.6 is 24.2 Å². The highest BCUT2D eigenvalue weighted by Crippen LogP contribution is 2.37. The van der Waals surface area contributed by atoms with E-state index in [1.165, 1.54) is 6.07 Å². The van der Waals surface area contributed by atoms with Gasteiger partial charge in [0.2, 0.25) is 0 Å². The van der Waals surface area contributed by atoms with Crippen LogP contribution in [0.4, 0.5) is 13.2 Å². The van der Waals surface area contributed by atoms with Crippen molar-refractivity contribution in [2.24, 2.45) is 5.73 Å². The van der Waals surface area contributed by atoms with Crippen molar-refractivity contribution in [2.75, 3.05) is 26.1 Å². The number of aryl methyl sites for hydroxylation is 2. The Labute approximate surface area is 191 Å². The van der Waals surface area contributed by atoms with E-state index in [1.54, 1.807) is 17.8 Å². The van der Waals surface area contributed by atoms with Crippen LogP contribution in [0.3, 0.4) is 0 Å². The highest BCUT2D eigenvalue weighted by molar-refractivity contribution is 7.98. The minimum absolute atomic E-state index is 0. The van der Waals surface area contributed by atoms with Crippen molar-refractivity contribution >= 4 is 24.2 Å². The summed E-state index contributed by atoms with van der Waals surface area (Å²) in [4.78, 5) is 1.16. The van der Waals surface area contributed by atoms with Crippen LogP contribution in [0.2, 0.25) is 0 Å². The number of aliphatic hydroxyl groups excluding tert-OH is 2. The Bertz CT molecular complexity index is 800. The van der Waals surface area contributed by atoms with Crippen molar-refractivity contribution < 1.29 is 28.1 Å². The summed E-state index contributed by atoms with van der Waals surface area (Å²) in [6.07, 6.45) is -0.875. The van der Waals surface area contributed by atoms with Crippen LogP contribution in [0.1, 0.15) is 29.5 Å². The van der Waals surface area contributed by atoms with Crippen LogP contribution in [0.25, 0.3) is 0 Å². The Morgan fingerprint density at radius 2 is 1.58 bits per heavy atom. The van der Waals surface area contributed by atoms with Gasteiger partial charge in [-0.3, -0.25) is 0 Å². The maximum Gasteiger partial charge on any atom is 0.419 e. The average molecular weight is 480 g/mol. The molecule has 0 bridgehead atoms. The summed E-state index contributed by atoms with van der Waals surface area (Å²) >= 11 is 1.65. The molecule has 31 heavy (non-hydrogen) atoms. The molecule has 2 aromatic rings. The predicted molar refractivity (Wildman–Crippen MR) is 120 cm³/mol. The zero-order valence-corrected chi connectivity index (χ0v) is 19.0. The van der Waals surface area contributed by atoms with E-state index in [4.69, 9.17) is 10.5 Å². The Hall–Kier alpha value is -1.45. The van der Waals surface area contributed by atoms with Crippen LogP contribution in [0, 0.1) is 0 Å². The highest BCUT2D eigenvalue weighted by atomic mass is 35.5. The van der Waals surface area contributed by atoms with E-state index in [2.05, 4.69) is 0 Å². The molecular formula is C22H29ClF3NO3S. The van der Waals surface area contributed by atoms with E-state index in [-0.39, 0.29) is 37.6 Å². The minimum atomic E-state index is -4.55. The minimum Gasteiger partial charge on any atom is -0.493 e. The number of hydrogen-bond acceptors (Lipinski definition) is 5. The Morgan fingerprint density at radius 3 is 2.13 bits per heavy atom. The standard InChI is InChI=1S/C22H28F3NO3S.ClH/c1-30-18-7-4-16(5-8-18)3-2-12-29-20-9-6-17(13-19(20)22(23,24)25)10-11-21(26,14-27)15-28;/h4-9,13,27-28H,2-3,10-12,14-15,26H2,1H3;1H. The largest absolute Gasteiger partial charge is 0.493 e. The van der Waals surface area contributed by atoms with Gasteiger partial charge >= 0.3 is 6.18 Å². The van der Waals surface area contributed by atoms with Gasteiger partial charge in [0.15, 0.2) is 0 Å². The van der Waals surface area contributed by atoms with E-state index in [1.807, 2.05) is 30.5 Å². The quantitative estimate of drug-likeness (QED) is 0.327. The second-order valence-electron chi connectivity index (χ2n) is 7.31. The van der Waals surface area contributed by atoms with Gasteiger partial charge < -0.3 is 20.7 Å². The third kappa shape index (κ3) is 8.54. The topological polar surface area (TPSA) is 75.7 Å². The molecule has 0 aliphatic rings. The number of benzene rings is 2. The first-order chi connectivity index (χ1) is 14.2. The van der Waals surface area contributed by atoms with Crippen LogP contribution in [-0.2, 0) is 19.0 Å². The lowest BCUT2D eigenvalue weighted by atomic mass is 9.93. The SMILES string of the molecule is CSc1ccc(CCCOc2ccc(CCC(N)(CO)CO)cc2C(F)(F)F)cc1.Cl. The molecule has 4 N–H and O–H groups in total. The maximum absolute atomic E-state index is 13.5. The molecule has 0 amide bonds. The number of aliphatic hydroxyl groups is 2. The van der Waals surface area contributed by atoms with Crippen molar-refractivity contribution in [3.8, 4) is 5.75 Å². The molecule has 0 saturated heterocycles. The Balaban J connectivity index is 0.00000480. The van der Waals surface area contributed by atoms with Crippen molar-refractivity contribution in [3.63, 3.8) is 0 Å². The van der Waals surface area contributed by atoms with Crippen LogP contribution in [0.15, 0.2) is 47.4 Å². The third-order valence-electron chi connectivity index (χ3n) is 4.92. The molecule has 0 spiro atoms. The van der Waals surface area contributed by atoms with Crippen molar-refractivity contribution in [2.45, 2.75) is 42.3 Å². The Kier molecular flexibility index (Phi) is 11.2. The summed E-state index contributed by atoms with van der Waals surface area (Å²) in [6.45, 7) is -0.721. The number of hydrogen-bond donors (Lipinski definition) is 3. The summed E-state index contributed by atoms with van der Waals surface area (Å²) in [5.41, 5.74) is 5.27. The number of rotatable bonds is 11. The number of alkyl halides is 3. The smallest absolute Gasteiger partial charge is 0.419 e. The molecule has 0 atom stereocenters. The Morgan fingerprint density at radius 1 is 0.968 bits per heavy atom. The summed E-state index contributed by atoms with van der Waals surface area (Å²) in [6, 6.07) is 12.0. The first-order valence-corrected chi connectivity index (χ1v) is 10.9. The molecule has 0 fully saturated rings. The lowest BCUT2D eigenvalue weighted by Crippen LogP contribution is -2.47. The van der Waals surface area contributed by atoms with Crippen molar-refractivity contribution in [1.82, 2.24) is 0 Å². The average Bonchev–Trinajstić information content (AvgIpc) is 2.75. The molecule has 2 aromatic carbocycles. The normalized spacial score (nSPS) is 11.8. The summed E-state index contributed by atoms with van der Waals surface area (Å²) in [5.74, 6) is -0.202. The second kappa shape index (κ2) is 12.6. The molecule has 0 unspecified atom stereocenters. The van der Waals surface area contributed by atoms with E-state index in [9.17, 15) is 23.4 Å². The highest BCUT2D eigenvalue weighted by Gasteiger charge is 2.35. The fourth-order valence-electron chi connectivity index (χ4n) is 2.93. The molecule has 4 nitrogen and oxygen atoms in total. The third-order valence-corrected chi connectivity index (χ3v) is 5.66.